The van der Waals surface area contributed by atoms with Crippen LogP contribution in [0, 0.1) is 5.92 Å². The average molecular weight is 386 g/mol. The van der Waals surface area contributed by atoms with Crippen molar-refractivity contribution in [1.82, 2.24) is 14.8 Å². The first kappa shape index (κ1) is 19.3. The molecule has 0 N–H and O–H groups in total. The van der Waals surface area contributed by atoms with Crippen LogP contribution in [0.2, 0.25) is 0 Å². The lowest BCUT2D eigenvalue weighted by Crippen LogP contribution is -2.34. The van der Waals surface area contributed by atoms with Crippen molar-refractivity contribution in [2.45, 2.75) is 13.0 Å². The second-order valence-corrected chi connectivity index (χ2v) is 7.78. The zero-order valence-corrected chi connectivity index (χ0v) is 16.9. The fourth-order valence-corrected chi connectivity index (χ4v) is 3.95. The molecular weight excluding hydrogens is 358 g/mol. The van der Waals surface area contributed by atoms with Crippen molar-refractivity contribution in [3.63, 3.8) is 0 Å². The molecule has 1 saturated heterocycles. The standard InChI is InChI=1S/C25H27N3O/c1-27-15-16-28(19-23(25(27)29)17-24-9-5-6-14-26-24)18-20-10-12-22(13-11-20)21-7-3-2-4-8-21/h2-14,23H,15-19H2,1H3/t23-/m1/s1. The van der Waals surface area contributed by atoms with Crippen LogP contribution in [0.15, 0.2) is 79.0 Å². The van der Waals surface area contributed by atoms with Crippen molar-refractivity contribution in [1.29, 1.82) is 0 Å². The maximum atomic E-state index is 12.8. The summed E-state index contributed by atoms with van der Waals surface area (Å²) in [5, 5.41) is 0. The van der Waals surface area contributed by atoms with Crippen molar-refractivity contribution in [3.8, 4) is 11.1 Å². The molecule has 0 saturated carbocycles. The molecule has 1 fully saturated rings. The Bertz CT molecular complexity index is 925. The van der Waals surface area contributed by atoms with E-state index in [1.54, 1.807) is 6.20 Å². The van der Waals surface area contributed by atoms with E-state index in [0.29, 0.717) is 6.42 Å². The number of amides is 1. The van der Waals surface area contributed by atoms with Gasteiger partial charge in [-0.15, -0.1) is 0 Å². The monoisotopic (exact) mass is 385 g/mol. The van der Waals surface area contributed by atoms with Gasteiger partial charge in [0, 0.05) is 51.5 Å². The molecule has 1 aliphatic rings. The molecule has 3 aromatic rings. The summed E-state index contributed by atoms with van der Waals surface area (Å²) >= 11 is 0. The van der Waals surface area contributed by atoms with Gasteiger partial charge < -0.3 is 4.90 Å². The van der Waals surface area contributed by atoms with E-state index in [9.17, 15) is 4.79 Å². The van der Waals surface area contributed by atoms with E-state index < -0.39 is 0 Å². The molecule has 4 rings (SSSR count). The molecule has 0 bridgehead atoms. The fourth-order valence-electron chi connectivity index (χ4n) is 3.95. The Hall–Kier alpha value is -2.98. The molecule has 2 heterocycles. The second-order valence-electron chi connectivity index (χ2n) is 7.78. The van der Waals surface area contributed by atoms with Gasteiger partial charge in [0.05, 0.1) is 5.92 Å². The van der Waals surface area contributed by atoms with Gasteiger partial charge in [-0.1, -0.05) is 60.7 Å². The van der Waals surface area contributed by atoms with Crippen molar-refractivity contribution in [2.24, 2.45) is 5.92 Å². The van der Waals surface area contributed by atoms with Crippen molar-refractivity contribution in [2.75, 3.05) is 26.7 Å². The third-order valence-corrected chi connectivity index (χ3v) is 5.60. The summed E-state index contributed by atoms with van der Waals surface area (Å²) in [6.45, 7) is 3.27. The molecule has 0 spiro atoms. The predicted octanol–water partition coefficient (Wildman–Crippen LogP) is 3.88. The van der Waals surface area contributed by atoms with Gasteiger partial charge in [0.2, 0.25) is 5.91 Å². The first-order chi connectivity index (χ1) is 14.2. The number of likely N-dealkylation sites (N-methyl/N-ethyl adjacent to an activating group) is 1. The van der Waals surface area contributed by atoms with Crippen LogP contribution < -0.4 is 0 Å². The van der Waals surface area contributed by atoms with Gasteiger partial charge in [-0.05, 0) is 28.8 Å². The summed E-state index contributed by atoms with van der Waals surface area (Å²) < 4.78 is 0. The molecule has 1 aromatic heterocycles. The van der Waals surface area contributed by atoms with Gasteiger partial charge >= 0.3 is 0 Å². The van der Waals surface area contributed by atoms with Crippen molar-refractivity contribution in [3.05, 3.63) is 90.3 Å². The first-order valence-corrected chi connectivity index (χ1v) is 10.2. The Morgan fingerprint density at radius 3 is 2.34 bits per heavy atom. The quantitative estimate of drug-likeness (QED) is 0.669. The lowest BCUT2D eigenvalue weighted by Gasteiger charge is -2.23. The van der Waals surface area contributed by atoms with Crippen LogP contribution in [-0.2, 0) is 17.8 Å². The minimum atomic E-state index is -0.0546. The molecule has 4 nitrogen and oxygen atoms in total. The van der Waals surface area contributed by atoms with Crippen LogP contribution in [0.3, 0.4) is 0 Å². The lowest BCUT2D eigenvalue weighted by molar-refractivity contribution is -0.133. The molecule has 1 amide bonds. The van der Waals surface area contributed by atoms with Crippen molar-refractivity contribution >= 4 is 5.91 Å². The van der Waals surface area contributed by atoms with Crippen LogP contribution in [0.25, 0.3) is 11.1 Å². The van der Waals surface area contributed by atoms with E-state index in [0.717, 1.165) is 31.9 Å². The SMILES string of the molecule is CN1CCN(Cc2ccc(-c3ccccc3)cc2)C[C@@H](Cc2ccccn2)C1=O. The molecule has 4 heteroatoms. The third kappa shape index (κ3) is 4.90. The molecule has 148 valence electrons. The highest BCUT2D eigenvalue weighted by Gasteiger charge is 2.28. The molecule has 2 aromatic carbocycles. The summed E-state index contributed by atoms with van der Waals surface area (Å²) in [7, 11) is 1.91. The summed E-state index contributed by atoms with van der Waals surface area (Å²) in [5.41, 5.74) is 4.72. The number of aromatic nitrogens is 1. The Morgan fingerprint density at radius 2 is 1.62 bits per heavy atom. The largest absolute Gasteiger partial charge is 0.344 e. The zero-order chi connectivity index (χ0) is 20.1. The fraction of sp³-hybridized carbons (Fsp3) is 0.280. The number of carbonyl (C=O) groups excluding carboxylic acids is 1. The normalized spacial score (nSPS) is 17.9. The summed E-state index contributed by atoms with van der Waals surface area (Å²) in [6, 6.07) is 25.1. The Balaban J connectivity index is 1.45. The van der Waals surface area contributed by atoms with Crippen LogP contribution in [0.1, 0.15) is 11.3 Å². The van der Waals surface area contributed by atoms with E-state index in [1.807, 2.05) is 36.2 Å². The van der Waals surface area contributed by atoms with Gasteiger partial charge in [0.15, 0.2) is 0 Å². The van der Waals surface area contributed by atoms with Gasteiger partial charge in [-0.25, -0.2) is 0 Å². The number of rotatable bonds is 5. The summed E-state index contributed by atoms with van der Waals surface area (Å²) in [4.78, 5) is 21.5. The Labute approximate surface area is 172 Å². The number of benzene rings is 2. The highest BCUT2D eigenvalue weighted by Crippen LogP contribution is 2.21. The van der Waals surface area contributed by atoms with Gasteiger partial charge in [0.1, 0.15) is 0 Å². The topological polar surface area (TPSA) is 36.4 Å². The van der Waals surface area contributed by atoms with Crippen LogP contribution >= 0.6 is 0 Å². The first-order valence-electron chi connectivity index (χ1n) is 10.2. The maximum absolute atomic E-state index is 12.8. The molecule has 1 atom stereocenters. The predicted molar refractivity (Wildman–Crippen MR) is 116 cm³/mol. The maximum Gasteiger partial charge on any atom is 0.227 e. The van der Waals surface area contributed by atoms with Gasteiger partial charge in [-0.3, -0.25) is 14.7 Å². The summed E-state index contributed by atoms with van der Waals surface area (Å²) in [5.74, 6) is 0.165. The van der Waals surface area contributed by atoms with Crippen LogP contribution in [-0.4, -0.2) is 47.4 Å². The molecule has 0 aliphatic carbocycles. The third-order valence-electron chi connectivity index (χ3n) is 5.60. The van der Waals surface area contributed by atoms with Crippen molar-refractivity contribution < 1.29 is 4.79 Å². The Morgan fingerprint density at radius 1 is 0.897 bits per heavy atom. The van der Waals surface area contributed by atoms with Gasteiger partial charge in [-0.2, -0.15) is 0 Å². The van der Waals surface area contributed by atoms with Crippen LogP contribution in [0.4, 0.5) is 0 Å². The number of pyridine rings is 1. The Kier molecular flexibility index (Phi) is 6.01. The number of hydrogen-bond acceptors (Lipinski definition) is 3. The van der Waals surface area contributed by atoms with E-state index in [-0.39, 0.29) is 11.8 Å². The van der Waals surface area contributed by atoms with E-state index >= 15 is 0 Å². The lowest BCUT2D eigenvalue weighted by atomic mass is 10.0. The highest BCUT2D eigenvalue weighted by atomic mass is 16.2. The number of carbonyl (C=O) groups is 1. The molecular formula is C25H27N3O. The number of hydrogen-bond donors (Lipinski definition) is 0. The minimum absolute atomic E-state index is 0.0546. The van der Waals surface area contributed by atoms with Gasteiger partial charge in [0.25, 0.3) is 0 Å². The van der Waals surface area contributed by atoms with Crippen LogP contribution in [0.5, 0.6) is 0 Å². The smallest absolute Gasteiger partial charge is 0.227 e. The van der Waals surface area contributed by atoms with E-state index in [2.05, 4.69) is 58.4 Å². The zero-order valence-electron chi connectivity index (χ0n) is 16.9. The molecule has 0 unspecified atom stereocenters. The molecule has 29 heavy (non-hydrogen) atoms. The second kappa shape index (κ2) is 9.01. The highest BCUT2D eigenvalue weighted by molar-refractivity contribution is 5.79. The van der Waals surface area contributed by atoms with E-state index in [4.69, 9.17) is 0 Å². The average Bonchev–Trinajstić information content (AvgIpc) is 2.90. The molecule has 1 aliphatic heterocycles. The summed E-state index contributed by atoms with van der Waals surface area (Å²) in [6.07, 6.45) is 2.49. The minimum Gasteiger partial charge on any atom is -0.344 e. The van der Waals surface area contributed by atoms with E-state index in [1.165, 1.54) is 16.7 Å². The molecule has 0 radical (unpaired) electrons. The number of nitrogens with zero attached hydrogens (tertiary/aromatic N) is 3.